The minimum absolute atomic E-state index is 0.417. The van der Waals surface area contributed by atoms with Crippen LogP contribution in [0.5, 0.6) is 23.0 Å². The second-order valence-electron chi connectivity index (χ2n) is 8.91. The molecule has 0 saturated carbocycles. The summed E-state index contributed by atoms with van der Waals surface area (Å²) in [6.45, 7) is 3.70. The van der Waals surface area contributed by atoms with E-state index in [0.29, 0.717) is 75.9 Å². The van der Waals surface area contributed by atoms with Gasteiger partial charge in [-0.3, -0.25) is 0 Å². The fourth-order valence-corrected chi connectivity index (χ4v) is 4.04. The van der Waals surface area contributed by atoms with Crippen LogP contribution >= 0.6 is 0 Å². The molecule has 0 aliphatic carbocycles. The van der Waals surface area contributed by atoms with Crippen molar-refractivity contribution in [1.82, 2.24) is 0 Å². The normalized spacial score (nSPS) is 15.2. The minimum atomic E-state index is 0.417. The average molecular weight is 513 g/mol. The first kappa shape index (κ1) is 25.6. The Bertz CT molecular complexity index is 1190. The lowest BCUT2D eigenvalue weighted by atomic mass is 10.1. The summed E-state index contributed by atoms with van der Waals surface area (Å²) in [4.78, 5) is 0. The zero-order valence-corrected chi connectivity index (χ0v) is 21.3. The van der Waals surface area contributed by atoms with E-state index < -0.39 is 0 Å². The Morgan fingerprint density at radius 3 is 1.21 bits per heavy atom. The first-order valence-electron chi connectivity index (χ1n) is 12.8. The van der Waals surface area contributed by atoms with Gasteiger partial charge in [-0.05, 0) is 52.6 Å². The van der Waals surface area contributed by atoms with Gasteiger partial charge in [-0.2, -0.15) is 0 Å². The van der Waals surface area contributed by atoms with Crippen LogP contribution in [-0.2, 0) is 35.9 Å². The highest BCUT2D eigenvalue weighted by Crippen LogP contribution is 2.29. The van der Waals surface area contributed by atoms with Crippen molar-refractivity contribution in [2.24, 2.45) is 0 Å². The van der Waals surface area contributed by atoms with Crippen LogP contribution in [0.1, 0.15) is 22.3 Å². The molecule has 4 bridgehead atoms. The Labute approximate surface area is 223 Å². The van der Waals surface area contributed by atoms with Gasteiger partial charge >= 0.3 is 0 Å². The lowest BCUT2D eigenvalue weighted by Crippen LogP contribution is -2.08. The fraction of sp³-hybridized carbons (Fsp3) is 0.250. The number of rotatable bonds is 0. The first-order chi connectivity index (χ1) is 18.8. The molecular formula is C32H32O6. The summed E-state index contributed by atoms with van der Waals surface area (Å²) in [6.07, 6.45) is 0. The molecule has 0 radical (unpaired) electrons. The fourth-order valence-electron chi connectivity index (χ4n) is 4.04. The molecule has 0 atom stereocenters. The predicted molar refractivity (Wildman–Crippen MR) is 145 cm³/mol. The minimum Gasteiger partial charge on any atom is -0.487 e. The zero-order chi connectivity index (χ0) is 25.8. The second-order valence-corrected chi connectivity index (χ2v) is 8.91. The van der Waals surface area contributed by atoms with Crippen LogP contribution < -0.4 is 18.9 Å². The van der Waals surface area contributed by atoms with Gasteiger partial charge in [0.15, 0.2) is 23.0 Å². The molecule has 6 rings (SSSR count). The number of hydrogen-bond donors (Lipinski definition) is 0. The number of fused-ring (bicyclic) bond motifs is 12. The maximum Gasteiger partial charge on any atom is 0.161 e. The highest BCUT2D eigenvalue weighted by atomic mass is 16.5. The van der Waals surface area contributed by atoms with Crippen molar-refractivity contribution in [1.29, 1.82) is 0 Å². The monoisotopic (exact) mass is 512 g/mol. The van der Waals surface area contributed by atoms with Gasteiger partial charge in [0, 0.05) is 0 Å². The Morgan fingerprint density at radius 1 is 0.342 bits per heavy atom. The number of ether oxygens (including phenoxy) is 6. The summed E-state index contributed by atoms with van der Waals surface area (Å²) in [5, 5.41) is 0. The van der Waals surface area contributed by atoms with Gasteiger partial charge in [0.2, 0.25) is 0 Å². The van der Waals surface area contributed by atoms with Gasteiger partial charge in [-0.25, -0.2) is 0 Å². The Kier molecular flexibility index (Phi) is 9.12. The first-order valence-corrected chi connectivity index (χ1v) is 12.8. The number of benzene rings is 4. The van der Waals surface area contributed by atoms with Crippen molar-refractivity contribution < 1.29 is 28.4 Å². The number of para-hydroxylation sites is 4. The third-order valence-electron chi connectivity index (χ3n) is 6.01. The van der Waals surface area contributed by atoms with Gasteiger partial charge in [0.05, 0.1) is 26.4 Å². The van der Waals surface area contributed by atoms with Crippen LogP contribution in [0, 0.1) is 0 Å². The highest BCUT2D eigenvalue weighted by Gasteiger charge is 2.08. The third-order valence-corrected chi connectivity index (χ3v) is 6.01. The van der Waals surface area contributed by atoms with E-state index in [-0.39, 0.29) is 0 Å². The smallest absolute Gasteiger partial charge is 0.161 e. The summed E-state index contributed by atoms with van der Waals surface area (Å²) < 4.78 is 35.8. The summed E-state index contributed by atoms with van der Waals surface area (Å²) in [7, 11) is 0. The Hall–Kier alpha value is -4.00. The average Bonchev–Trinajstić information content (AvgIpc) is 2.96. The lowest BCUT2D eigenvalue weighted by Gasteiger charge is -2.14. The van der Waals surface area contributed by atoms with Gasteiger partial charge in [0.1, 0.15) is 26.4 Å². The molecule has 0 saturated heterocycles. The van der Waals surface area contributed by atoms with Crippen molar-refractivity contribution in [2.45, 2.75) is 26.4 Å². The molecule has 0 spiro atoms. The summed E-state index contributed by atoms with van der Waals surface area (Å²) in [6, 6.07) is 31.8. The van der Waals surface area contributed by atoms with Crippen LogP contribution in [0.4, 0.5) is 0 Å². The van der Waals surface area contributed by atoms with E-state index in [0.717, 1.165) is 22.3 Å². The Balaban J connectivity index is 1.29. The van der Waals surface area contributed by atoms with E-state index in [1.807, 2.05) is 66.7 Å². The van der Waals surface area contributed by atoms with Gasteiger partial charge in [-0.15, -0.1) is 0 Å². The molecule has 38 heavy (non-hydrogen) atoms. The van der Waals surface area contributed by atoms with Gasteiger partial charge < -0.3 is 28.4 Å². The summed E-state index contributed by atoms with van der Waals surface area (Å²) in [5.74, 6) is 2.79. The maximum atomic E-state index is 6.11. The maximum absolute atomic E-state index is 6.11. The van der Waals surface area contributed by atoms with Gasteiger partial charge in [0.25, 0.3) is 0 Å². The van der Waals surface area contributed by atoms with Crippen molar-refractivity contribution in [3.8, 4) is 23.0 Å². The van der Waals surface area contributed by atoms with E-state index in [4.69, 9.17) is 28.4 Å². The summed E-state index contributed by atoms with van der Waals surface area (Å²) >= 11 is 0. The zero-order valence-electron chi connectivity index (χ0n) is 21.3. The second kappa shape index (κ2) is 13.5. The van der Waals surface area contributed by atoms with Crippen LogP contribution in [0.15, 0.2) is 97.1 Å². The molecule has 0 N–H and O–H groups in total. The highest BCUT2D eigenvalue weighted by molar-refractivity contribution is 5.40. The van der Waals surface area contributed by atoms with Crippen molar-refractivity contribution in [2.75, 3.05) is 26.4 Å². The molecule has 0 fully saturated rings. The van der Waals surface area contributed by atoms with E-state index in [9.17, 15) is 0 Å². The SMILES string of the molecule is c1cc2cc(c1)COc1ccccc1OCCOCc1ccc(cc1)COCCOc1ccccc1OC2. The topological polar surface area (TPSA) is 55.4 Å². The van der Waals surface area contributed by atoms with E-state index in [2.05, 4.69) is 30.3 Å². The molecule has 6 nitrogen and oxygen atoms in total. The van der Waals surface area contributed by atoms with E-state index in [1.165, 1.54) is 0 Å². The molecule has 6 heteroatoms. The van der Waals surface area contributed by atoms with Crippen LogP contribution in [0.25, 0.3) is 0 Å². The quantitative estimate of drug-likeness (QED) is 0.274. The molecule has 2 heterocycles. The van der Waals surface area contributed by atoms with Crippen LogP contribution in [0.2, 0.25) is 0 Å². The molecule has 196 valence electrons. The molecule has 2 aliphatic heterocycles. The van der Waals surface area contributed by atoms with Crippen molar-refractivity contribution >= 4 is 0 Å². The largest absolute Gasteiger partial charge is 0.487 e. The molecule has 0 unspecified atom stereocenters. The lowest BCUT2D eigenvalue weighted by molar-refractivity contribution is 0.0860. The molecule has 0 aromatic heterocycles. The molecule has 4 aromatic rings. The molecule has 2 aliphatic rings. The molecule has 0 amide bonds. The summed E-state index contributed by atoms with van der Waals surface area (Å²) in [5.41, 5.74) is 4.29. The van der Waals surface area contributed by atoms with Crippen LogP contribution in [0.3, 0.4) is 0 Å². The Morgan fingerprint density at radius 2 is 0.763 bits per heavy atom. The van der Waals surface area contributed by atoms with Crippen molar-refractivity contribution in [3.63, 3.8) is 0 Å². The van der Waals surface area contributed by atoms with Crippen LogP contribution in [-0.4, -0.2) is 26.4 Å². The van der Waals surface area contributed by atoms with Gasteiger partial charge in [-0.1, -0.05) is 66.7 Å². The molecule has 4 aromatic carbocycles. The van der Waals surface area contributed by atoms with E-state index >= 15 is 0 Å². The standard InChI is InChI=1S/C32H32O6/c1-3-10-31-29(8-1)35-18-16-33-21-25-12-14-26(15-13-25)22-34-17-19-36-30-9-2-4-11-32(30)38-24-28-7-5-6-27(20-28)23-37-31/h1-15,20H,16-19,21-24H2. The van der Waals surface area contributed by atoms with Crippen molar-refractivity contribution in [3.05, 3.63) is 119 Å². The number of hydrogen-bond acceptors (Lipinski definition) is 6. The predicted octanol–water partition coefficient (Wildman–Crippen LogP) is 6.35. The third kappa shape index (κ3) is 7.51. The van der Waals surface area contributed by atoms with E-state index in [1.54, 1.807) is 0 Å². The molecular weight excluding hydrogens is 480 g/mol.